The van der Waals surface area contributed by atoms with E-state index in [4.69, 9.17) is 11.6 Å². The minimum atomic E-state index is -1.76. The van der Waals surface area contributed by atoms with E-state index in [-0.39, 0.29) is 60.3 Å². The van der Waals surface area contributed by atoms with E-state index in [2.05, 4.69) is 15.6 Å². The topological polar surface area (TPSA) is 108 Å². The van der Waals surface area contributed by atoms with Crippen LogP contribution in [0.4, 0.5) is 8.78 Å². The molecule has 3 aliphatic rings. The Morgan fingerprint density at radius 2 is 2.03 bits per heavy atom. The molecule has 0 bridgehead atoms. The maximum atomic E-state index is 15.5. The van der Waals surface area contributed by atoms with Crippen LogP contribution in [0.25, 0.3) is 0 Å². The monoisotopic (exact) mass is 502 g/mol. The van der Waals surface area contributed by atoms with Gasteiger partial charge in [-0.15, -0.1) is 0 Å². The normalized spacial score (nSPS) is 21.7. The van der Waals surface area contributed by atoms with Gasteiger partial charge in [0.05, 0.1) is 16.9 Å². The predicted octanol–water partition coefficient (Wildman–Crippen LogP) is 3.00. The summed E-state index contributed by atoms with van der Waals surface area (Å²) in [5.41, 5.74) is -0.636. The summed E-state index contributed by atoms with van der Waals surface area (Å²) in [4.78, 5) is 55.0. The van der Waals surface area contributed by atoms with E-state index in [0.717, 1.165) is 12.3 Å². The zero-order valence-corrected chi connectivity index (χ0v) is 19.2. The summed E-state index contributed by atoms with van der Waals surface area (Å²) in [6, 6.07) is 3.54. The lowest BCUT2D eigenvalue weighted by Gasteiger charge is -2.40. The van der Waals surface area contributed by atoms with E-state index < -0.39 is 35.4 Å². The molecule has 5 rings (SSSR count). The molecule has 1 aromatic heterocycles. The number of hydrogen-bond acceptors (Lipinski definition) is 5. The van der Waals surface area contributed by atoms with Gasteiger partial charge in [-0.3, -0.25) is 29.5 Å². The second-order valence-corrected chi connectivity index (χ2v) is 9.49. The number of piperidine rings is 1. The van der Waals surface area contributed by atoms with Crippen LogP contribution < -0.4 is 10.6 Å². The molecule has 2 fully saturated rings. The number of carbonyl (C=O) groups excluding carboxylic acids is 4. The molecule has 11 heteroatoms. The molecular formula is C24H21ClF2N4O4. The first kappa shape index (κ1) is 23.3. The Labute approximate surface area is 204 Å². The molecule has 3 heterocycles. The van der Waals surface area contributed by atoms with Crippen molar-refractivity contribution >= 4 is 35.2 Å². The SMILES string of the molecule is O=C1CCC(N2Cc3cc(C(=O)N[C@H](c4ncc(F)cc4Cl)C4(F)CCC4)ccc3C2=O)C(=O)N1. The largest absolute Gasteiger partial charge is 0.340 e. The van der Waals surface area contributed by atoms with Gasteiger partial charge < -0.3 is 10.2 Å². The number of hydrogen-bond donors (Lipinski definition) is 2. The summed E-state index contributed by atoms with van der Waals surface area (Å²) >= 11 is 6.13. The van der Waals surface area contributed by atoms with Crippen LogP contribution in [0.5, 0.6) is 0 Å². The van der Waals surface area contributed by atoms with Crippen molar-refractivity contribution in [3.05, 3.63) is 63.7 Å². The van der Waals surface area contributed by atoms with Gasteiger partial charge >= 0.3 is 0 Å². The van der Waals surface area contributed by atoms with Crippen molar-refractivity contribution in [2.75, 3.05) is 0 Å². The van der Waals surface area contributed by atoms with E-state index in [1.807, 2.05) is 0 Å². The van der Waals surface area contributed by atoms with Crippen molar-refractivity contribution in [1.82, 2.24) is 20.5 Å². The van der Waals surface area contributed by atoms with Gasteiger partial charge in [0.1, 0.15) is 23.6 Å². The second-order valence-electron chi connectivity index (χ2n) is 9.09. The summed E-state index contributed by atoms with van der Waals surface area (Å²) in [6.07, 6.45) is 2.33. The summed E-state index contributed by atoms with van der Waals surface area (Å²) in [6.45, 7) is 0.101. The van der Waals surface area contributed by atoms with Gasteiger partial charge in [-0.05, 0) is 55.5 Å². The van der Waals surface area contributed by atoms with Crippen molar-refractivity contribution < 1.29 is 28.0 Å². The lowest BCUT2D eigenvalue weighted by molar-refractivity contribution is -0.136. The molecule has 4 amide bonds. The third-order valence-electron chi connectivity index (χ3n) is 6.87. The molecule has 2 atom stereocenters. The molecule has 35 heavy (non-hydrogen) atoms. The Balaban J connectivity index is 1.38. The summed E-state index contributed by atoms with van der Waals surface area (Å²) < 4.78 is 29.0. The first-order valence-electron chi connectivity index (χ1n) is 11.2. The number of nitrogens with one attached hydrogen (secondary N) is 2. The predicted molar refractivity (Wildman–Crippen MR) is 120 cm³/mol. The van der Waals surface area contributed by atoms with Crippen LogP contribution >= 0.6 is 11.6 Å². The van der Waals surface area contributed by atoms with Crippen LogP contribution in [-0.2, 0) is 16.1 Å². The maximum absolute atomic E-state index is 15.5. The number of alkyl halides is 1. The third kappa shape index (κ3) is 4.16. The van der Waals surface area contributed by atoms with E-state index >= 15 is 4.39 Å². The lowest BCUT2D eigenvalue weighted by Crippen LogP contribution is -2.52. The minimum Gasteiger partial charge on any atom is -0.340 e. The van der Waals surface area contributed by atoms with Gasteiger partial charge in [-0.1, -0.05) is 11.6 Å². The van der Waals surface area contributed by atoms with Crippen LogP contribution in [0.3, 0.4) is 0 Å². The van der Waals surface area contributed by atoms with Crippen LogP contribution in [0.2, 0.25) is 5.02 Å². The fourth-order valence-corrected chi connectivity index (χ4v) is 5.08. The summed E-state index contributed by atoms with van der Waals surface area (Å²) in [5.74, 6) is -2.54. The Morgan fingerprint density at radius 3 is 2.69 bits per heavy atom. The number of imide groups is 1. The zero-order valence-electron chi connectivity index (χ0n) is 18.4. The molecule has 2 aromatic rings. The summed E-state index contributed by atoms with van der Waals surface area (Å²) in [5, 5.41) is 4.82. The van der Waals surface area contributed by atoms with E-state index in [0.29, 0.717) is 17.5 Å². The number of carbonyl (C=O) groups is 4. The van der Waals surface area contributed by atoms with Gasteiger partial charge in [0.25, 0.3) is 11.8 Å². The standard InChI is InChI=1S/C24H21ClF2N4O4/c25-16-9-14(26)10-28-19(16)20(24(27)6-1-7-24)30-21(33)12-2-3-15-13(8-12)11-31(23(15)35)17-4-5-18(32)29-22(17)34/h2-3,8-10,17,20H,1,4-7,11H2,(H,30,33)(H,29,32,34)/t17?,20-/m1/s1. The summed E-state index contributed by atoms with van der Waals surface area (Å²) in [7, 11) is 0. The van der Waals surface area contributed by atoms with E-state index in [1.54, 1.807) is 0 Å². The van der Waals surface area contributed by atoms with Gasteiger partial charge in [0, 0.05) is 24.1 Å². The van der Waals surface area contributed by atoms with Gasteiger partial charge in [0.15, 0.2) is 0 Å². The van der Waals surface area contributed by atoms with Gasteiger partial charge in [-0.25, -0.2) is 8.78 Å². The van der Waals surface area contributed by atoms with Crippen LogP contribution in [0.1, 0.15) is 70.1 Å². The number of nitrogens with zero attached hydrogens (tertiary/aromatic N) is 2. The van der Waals surface area contributed by atoms with Crippen molar-refractivity contribution in [1.29, 1.82) is 0 Å². The molecule has 1 aromatic carbocycles. The molecule has 0 radical (unpaired) electrons. The molecule has 1 aliphatic carbocycles. The fraction of sp³-hybridized carbons (Fsp3) is 0.375. The minimum absolute atomic E-state index is 0.0454. The quantitative estimate of drug-likeness (QED) is 0.611. The van der Waals surface area contributed by atoms with Crippen molar-refractivity contribution in [2.24, 2.45) is 0 Å². The number of benzene rings is 1. The average Bonchev–Trinajstić information content (AvgIpc) is 3.12. The van der Waals surface area contributed by atoms with Crippen LogP contribution in [0.15, 0.2) is 30.5 Å². The first-order valence-corrected chi connectivity index (χ1v) is 11.6. The van der Waals surface area contributed by atoms with Crippen LogP contribution in [-0.4, -0.2) is 45.2 Å². The Kier molecular flexibility index (Phi) is 5.79. The first-order chi connectivity index (χ1) is 16.7. The number of rotatable bonds is 5. The van der Waals surface area contributed by atoms with E-state index in [9.17, 15) is 23.6 Å². The highest BCUT2D eigenvalue weighted by atomic mass is 35.5. The highest BCUT2D eigenvalue weighted by Gasteiger charge is 2.48. The number of fused-ring (bicyclic) bond motifs is 1. The highest BCUT2D eigenvalue weighted by molar-refractivity contribution is 6.31. The van der Waals surface area contributed by atoms with Gasteiger partial charge in [0.2, 0.25) is 11.8 Å². The average molecular weight is 503 g/mol. The Hall–Kier alpha value is -3.40. The van der Waals surface area contributed by atoms with Crippen molar-refractivity contribution in [3.63, 3.8) is 0 Å². The second kappa shape index (κ2) is 8.67. The Morgan fingerprint density at radius 1 is 1.26 bits per heavy atom. The van der Waals surface area contributed by atoms with Crippen molar-refractivity contribution in [3.8, 4) is 0 Å². The number of pyridine rings is 1. The van der Waals surface area contributed by atoms with E-state index in [1.165, 1.54) is 23.1 Å². The molecule has 1 saturated carbocycles. The zero-order chi connectivity index (χ0) is 24.9. The number of aromatic nitrogens is 1. The van der Waals surface area contributed by atoms with Crippen LogP contribution in [0, 0.1) is 5.82 Å². The molecule has 2 N–H and O–H groups in total. The third-order valence-corrected chi connectivity index (χ3v) is 7.18. The van der Waals surface area contributed by atoms with Crippen molar-refractivity contribution in [2.45, 2.75) is 56.4 Å². The molecule has 182 valence electrons. The number of halogens is 3. The highest BCUT2D eigenvalue weighted by Crippen LogP contribution is 2.46. The fourth-order valence-electron chi connectivity index (χ4n) is 4.81. The Bertz CT molecular complexity index is 1270. The molecule has 1 unspecified atom stereocenters. The smallest absolute Gasteiger partial charge is 0.255 e. The molecule has 0 spiro atoms. The molecule has 1 saturated heterocycles. The van der Waals surface area contributed by atoms with Gasteiger partial charge in [-0.2, -0.15) is 0 Å². The lowest BCUT2D eigenvalue weighted by atomic mass is 9.75. The molecule has 2 aliphatic heterocycles. The molecule has 8 nitrogen and oxygen atoms in total. The number of amides is 4. The molecular weight excluding hydrogens is 482 g/mol. The maximum Gasteiger partial charge on any atom is 0.255 e.